The SMILES string of the molecule is Nc1[c-]c2c(-c3c(I)c(O)c4c(NC5CCCC5OC(F)F)nc(OC[C@@]56CCCN5C[C@H](F)C6)nc4c3F)ccc(F)c2s1.[Ce]. The molecule has 2 aromatic carbocycles. The fraction of sp³-hybridized carbons (Fsp3) is 0.467. The van der Waals surface area contributed by atoms with Gasteiger partial charge in [-0.05, 0) is 77.6 Å². The summed E-state index contributed by atoms with van der Waals surface area (Å²) in [5, 5.41) is 15.0. The van der Waals surface area contributed by atoms with E-state index in [1.54, 1.807) is 22.6 Å². The molecule has 7 rings (SSSR count). The average molecular weight is 901 g/mol. The number of aromatic hydroxyl groups is 1. The van der Waals surface area contributed by atoms with Gasteiger partial charge in [-0.1, -0.05) is 0 Å². The van der Waals surface area contributed by atoms with E-state index in [-0.39, 0.29) is 107 Å². The van der Waals surface area contributed by atoms with Gasteiger partial charge in [0.1, 0.15) is 35.7 Å². The number of fused-ring (bicyclic) bond motifs is 3. The number of aromatic nitrogens is 2. The van der Waals surface area contributed by atoms with Crippen LogP contribution in [0.25, 0.3) is 32.1 Å². The van der Waals surface area contributed by atoms with Crippen LogP contribution in [0.2, 0.25) is 0 Å². The Hall–Kier alpha value is -1.38. The molecular weight excluding hydrogens is 872 g/mol. The van der Waals surface area contributed by atoms with Crippen molar-refractivity contribution in [1.82, 2.24) is 14.9 Å². The molecule has 8 nitrogen and oxygen atoms in total. The molecule has 1 saturated carbocycles. The number of thiophene rings is 1. The molecule has 1 aliphatic carbocycles. The Morgan fingerprint density at radius 2 is 2.04 bits per heavy atom. The summed E-state index contributed by atoms with van der Waals surface area (Å²) >= 11 is 2.76. The van der Waals surface area contributed by atoms with Crippen LogP contribution >= 0.6 is 33.9 Å². The number of hydrogen-bond acceptors (Lipinski definition) is 9. The molecule has 0 radical (unpaired) electrons. The van der Waals surface area contributed by atoms with Crippen LogP contribution < -0.4 is 15.8 Å². The molecule has 2 aromatic heterocycles. The number of nitrogens with two attached hydrogens (primary N) is 1. The van der Waals surface area contributed by atoms with Gasteiger partial charge in [0.2, 0.25) is 0 Å². The van der Waals surface area contributed by atoms with Gasteiger partial charge in [0.15, 0.2) is 0 Å². The van der Waals surface area contributed by atoms with E-state index in [0.29, 0.717) is 32.2 Å². The first-order valence-electron chi connectivity index (χ1n) is 14.6. The summed E-state index contributed by atoms with van der Waals surface area (Å²) < 4.78 is 83.3. The largest absolute Gasteiger partial charge is 0.506 e. The fourth-order valence-electron chi connectivity index (χ4n) is 7.13. The minimum atomic E-state index is -2.98. The third-order valence-electron chi connectivity index (χ3n) is 9.10. The van der Waals surface area contributed by atoms with Gasteiger partial charge in [0, 0.05) is 59.7 Å². The Kier molecular flexibility index (Phi) is 10.1. The number of phenolic OH excluding ortho intramolecular Hbond substituents is 1. The number of halogens is 6. The summed E-state index contributed by atoms with van der Waals surface area (Å²) in [5.41, 5.74) is 5.27. The van der Waals surface area contributed by atoms with Crippen LogP contribution in [-0.2, 0) is 4.74 Å². The minimum Gasteiger partial charge on any atom is -0.506 e. The van der Waals surface area contributed by atoms with Gasteiger partial charge in [0.25, 0.3) is 0 Å². The molecule has 2 saturated heterocycles. The number of anilines is 2. The summed E-state index contributed by atoms with van der Waals surface area (Å²) in [6.07, 6.45) is 1.51. The number of benzene rings is 2. The zero-order valence-corrected chi connectivity index (χ0v) is 30.3. The van der Waals surface area contributed by atoms with Gasteiger partial charge in [-0.25, -0.2) is 13.2 Å². The summed E-state index contributed by atoms with van der Waals surface area (Å²) in [5.74, 6) is -1.77. The zero-order chi connectivity index (χ0) is 31.6. The number of ether oxygens (including phenoxy) is 2. The topological polar surface area (TPSA) is 106 Å². The molecule has 2 aliphatic heterocycles. The van der Waals surface area contributed by atoms with Crippen LogP contribution in [0.1, 0.15) is 38.5 Å². The van der Waals surface area contributed by atoms with Crippen LogP contribution in [-0.4, -0.2) is 70.1 Å². The fourth-order valence-corrected chi connectivity index (χ4v) is 8.73. The second kappa shape index (κ2) is 13.5. The number of nitrogens with zero attached hydrogens (tertiary/aromatic N) is 3. The van der Waals surface area contributed by atoms with E-state index in [9.17, 15) is 22.7 Å². The number of hydrogen-bond donors (Lipinski definition) is 3. The second-order valence-electron chi connectivity index (χ2n) is 11.8. The van der Waals surface area contributed by atoms with E-state index < -0.39 is 42.1 Å². The summed E-state index contributed by atoms with van der Waals surface area (Å²) in [7, 11) is 0. The Balaban J connectivity index is 0.00000372. The maximum atomic E-state index is 16.8. The van der Waals surface area contributed by atoms with E-state index in [4.69, 9.17) is 15.2 Å². The van der Waals surface area contributed by atoms with Crippen molar-refractivity contribution in [2.45, 2.75) is 69.0 Å². The number of nitrogen functional groups attached to an aromatic ring is 1. The normalized spacial score (nSPS) is 24.6. The molecule has 0 spiro atoms. The van der Waals surface area contributed by atoms with E-state index in [0.717, 1.165) is 30.7 Å². The first-order valence-corrected chi connectivity index (χ1v) is 16.5. The van der Waals surface area contributed by atoms with Gasteiger partial charge >= 0.3 is 12.6 Å². The van der Waals surface area contributed by atoms with Crippen molar-refractivity contribution in [3.8, 4) is 22.9 Å². The number of alkyl halides is 3. The Morgan fingerprint density at radius 1 is 1.24 bits per heavy atom. The van der Waals surface area contributed by atoms with Crippen molar-refractivity contribution in [2.75, 3.05) is 30.7 Å². The van der Waals surface area contributed by atoms with Crippen LogP contribution in [0.4, 0.5) is 32.8 Å². The summed E-state index contributed by atoms with van der Waals surface area (Å²) in [6, 6.07) is 4.62. The second-order valence-corrected chi connectivity index (χ2v) is 13.9. The van der Waals surface area contributed by atoms with Crippen molar-refractivity contribution >= 4 is 65.7 Å². The van der Waals surface area contributed by atoms with Crippen molar-refractivity contribution in [2.24, 2.45) is 0 Å². The molecular formula is C30H28CeF5IN5O3S-. The van der Waals surface area contributed by atoms with Gasteiger partial charge in [-0.3, -0.25) is 4.90 Å². The third-order valence-corrected chi connectivity index (χ3v) is 11.1. The van der Waals surface area contributed by atoms with E-state index in [1.165, 1.54) is 12.1 Å². The molecule has 0 bridgehead atoms. The van der Waals surface area contributed by atoms with Crippen molar-refractivity contribution in [1.29, 1.82) is 0 Å². The number of phenols is 1. The van der Waals surface area contributed by atoms with Gasteiger partial charge in [-0.2, -0.15) is 35.5 Å². The van der Waals surface area contributed by atoms with Gasteiger partial charge in [0.05, 0.1) is 32.5 Å². The predicted molar refractivity (Wildman–Crippen MR) is 169 cm³/mol. The van der Waals surface area contributed by atoms with E-state index >= 15 is 4.39 Å². The quantitative estimate of drug-likeness (QED) is 0.0987. The molecule has 4 aromatic rings. The molecule has 46 heavy (non-hydrogen) atoms. The van der Waals surface area contributed by atoms with Gasteiger partial charge in [-0.15, -0.1) is 17.7 Å². The zero-order valence-electron chi connectivity index (χ0n) is 24.2. The maximum Gasteiger partial charge on any atom is 0.345 e. The van der Waals surface area contributed by atoms with Crippen LogP contribution in [0.15, 0.2) is 12.1 Å². The maximum absolute atomic E-state index is 16.8. The molecule has 0 amide bonds. The van der Waals surface area contributed by atoms with E-state index in [2.05, 4.69) is 26.3 Å². The molecule has 16 heteroatoms. The van der Waals surface area contributed by atoms with Crippen molar-refractivity contribution in [3.05, 3.63) is 33.4 Å². The van der Waals surface area contributed by atoms with Crippen LogP contribution in [0.5, 0.6) is 11.8 Å². The molecule has 4 N–H and O–H groups in total. The first-order chi connectivity index (χ1) is 21.5. The van der Waals surface area contributed by atoms with Crippen LogP contribution in [0.3, 0.4) is 0 Å². The molecule has 4 heterocycles. The minimum absolute atomic E-state index is 0. The van der Waals surface area contributed by atoms with E-state index in [1.807, 2.05) is 0 Å². The Bertz CT molecular complexity index is 1800. The molecule has 4 atom stereocenters. The smallest absolute Gasteiger partial charge is 0.345 e. The van der Waals surface area contributed by atoms with Crippen LogP contribution in [0, 0.1) is 63.0 Å². The monoisotopic (exact) mass is 900 g/mol. The predicted octanol–water partition coefficient (Wildman–Crippen LogP) is 7.01. The standard InChI is InChI=1S/C30H28F5IN5O3S.Ce/c31-13-10-30(7-2-8-41(30)11-13)12-43-29-39-24-21(27(40-29)38-17-3-1-4-18(17)44-28(34)35)25(42)23(36)20(22(24)33)14-5-6-16(32)26-15(14)9-19(37)45-26;/h5-6,13,17-18,28,42H,1-4,7-8,10-12,37H2,(H,38,39,40);/q-1;/t13-,17?,18?,30+;/m1./s1. The number of nitrogens with one attached hydrogen (secondary N) is 1. The number of rotatable bonds is 8. The Labute approximate surface area is 312 Å². The molecule has 3 aliphatic rings. The van der Waals surface area contributed by atoms with Gasteiger partial charge < -0.3 is 25.6 Å². The average Bonchev–Trinajstić information content (AvgIpc) is 3.75. The summed E-state index contributed by atoms with van der Waals surface area (Å²) in [6.45, 7) is -1.88. The molecule has 2 unspecified atom stereocenters. The van der Waals surface area contributed by atoms with Crippen molar-refractivity contribution < 1.29 is 78.3 Å². The summed E-state index contributed by atoms with van der Waals surface area (Å²) in [4.78, 5) is 10.9. The van der Waals surface area contributed by atoms with Crippen molar-refractivity contribution in [3.63, 3.8) is 0 Å². The first kappa shape index (κ1) is 34.5. The third kappa shape index (κ3) is 6.14. The molecule has 244 valence electrons. The Morgan fingerprint density at radius 3 is 2.83 bits per heavy atom. The molecule has 3 fully saturated rings.